The summed E-state index contributed by atoms with van der Waals surface area (Å²) in [5.41, 5.74) is 0.510. The second-order valence-corrected chi connectivity index (χ2v) is 6.73. The van der Waals surface area contributed by atoms with Crippen molar-refractivity contribution in [1.29, 1.82) is 0 Å². The van der Waals surface area contributed by atoms with Crippen LogP contribution in [0.25, 0.3) is 0 Å². The first-order valence-corrected chi connectivity index (χ1v) is 8.32. The summed E-state index contributed by atoms with van der Waals surface area (Å²) >= 11 is 6.34. The van der Waals surface area contributed by atoms with Crippen molar-refractivity contribution in [3.05, 3.63) is 52.7 Å². The van der Waals surface area contributed by atoms with E-state index in [-0.39, 0.29) is 29.3 Å². The highest BCUT2D eigenvalue weighted by Crippen LogP contribution is 2.35. The van der Waals surface area contributed by atoms with Gasteiger partial charge in [0, 0.05) is 21.1 Å². The lowest BCUT2D eigenvalue weighted by Gasteiger charge is -2.10. The van der Waals surface area contributed by atoms with Crippen molar-refractivity contribution in [3.63, 3.8) is 0 Å². The Balaban J connectivity index is 2.23. The fourth-order valence-corrected chi connectivity index (χ4v) is 3.57. The Morgan fingerprint density at radius 2 is 1.76 bits per heavy atom. The Bertz CT molecular complexity index is 872. The summed E-state index contributed by atoms with van der Waals surface area (Å²) in [6, 6.07) is 2.52. The van der Waals surface area contributed by atoms with Crippen LogP contribution < -0.4 is 5.32 Å². The molecule has 0 aliphatic carbocycles. The summed E-state index contributed by atoms with van der Waals surface area (Å²) in [4.78, 5) is 32.9. The lowest BCUT2D eigenvalue weighted by Crippen LogP contribution is -2.21. The number of nitrogens with zero attached hydrogens (tertiary/aromatic N) is 4. The van der Waals surface area contributed by atoms with Crippen molar-refractivity contribution < 1.29 is 14.6 Å². The molecule has 1 amide bonds. The fourth-order valence-electron chi connectivity index (χ4n) is 2.21. The van der Waals surface area contributed by atoms with Gasteiger partial charge in [-0.25, -0.2) is 0 Å². The first-order chi connectivity index (χ1) is 11.6. The number of carbonyl (C=O) groups is 1. The molecule has 1 heterocycles. The smallest absolute Gasteiger partial charge is 0.312 e. The molecular formula is C13H11Br2N5O5. The average molecular weight is 477 g/mol. The largest absolute Gasteiger partial charge is 0.323 e. The van der Waals surface area contributed by atoms with Crippen LogP contribution in [-0.2, 0) is 11.3 Å². The van der Waals surface area contributed by atoms with E-state index in [9.17, 15) is 25.0 Å². The Labute approximate surface area is 157 Å². The van der Waals surface area contributed by atoms with Gasteiger partial charge in [0.1, 0.15) is 17.9 Å². The number of carbonyl (C=O) groups excluding carboxylic acids is 1. The SMILES string of the molecule is Cc1nn(CC(=O)Nc2c(Br)cc([N+](=O)[O-])cc2Br)c(C)c1[N+](=O)[O-]. The quantitative estimate of drug-likeness (QED) is 0.518. The predicted molar refractivity (Wildman–Crippen MR) is 95.5 cm³/mol. The minimum absolute atomic E-state index is 0.134. The number of amides is 1. The number of aryl methyl sites for hydroxylation is 1. The molecule has 2 aromatic rings. The number of benzene rings is 1. The summed E-state index contributed by atoms with van der Waals surface area (Å²) in [6.45, 7) is 2.75. The van der Waals surface area contributed by atoms with Crippen LogP contribution in [0.2, 0.25) is 0 Å². The van der Waals surface area contributed by atoms with Crippen LogP contribution in [0.15, 0.2) is 21.1 Å². The molecule has 0 unspecified atom stereocenters. The number of rotatable bonds is 5. The molecule has 0 spiro atoms. The normalized spacial score (nSPS) is 10.6. The molecular weight excluding hydrogens is 466 g/mol. The number of nitrogens with one attached hydrogen (secondary N) is 1. The molecule has 25 heavy (non-hydrogen) atoms. The molecule has 10 nitrogen and oxygen atoms in total. The van der Waals surface area contributed by atoms with Gasteiger partial charge in [0.2, 0.25) is 5.91 Å². The van der Waals surface area contributed by atoms with Gasteiger partial charge in [-0.2, -0.15) is 5.10 Å². The second kappa shape index (κ2) is 7.27. The molecule has 132 valence electrons. The molecule has 0 saturated carbocycles. The third-order valence-electron chi connectivity index (χ3n) is 3.32. The van der Waals surface area contributed by atoms with E-state index in [0.29, 0.717) is 14.6 Å². The molecule has 12 heteroatoms. The zero-order valence-corrected chi connectivity index (χ0v) is 16.1. The van der Waals surface area contributed by atoms with E-state index in [0.717, 1.165) is 0 Å². The summed E-state index contributed by atoms with van der Waals surface area (Å²) in [5.74, 6) is -0.490. The zero-order valence-electron chi connectivity index (χ0n) is 12.9. The number of nitro benzene ring substituents is 1. The van der Waals surface area contributed by atoms with Crippen molar-refractivity contribution in [2.24, 2.45) is 0 Å². The highest BCUT2D eigenvalue weighted by Gasteiger charge is 2.23. The van der Waals surface area contributed by atoms with Gasteiger partial charge in [0.15, 0.2) is 0 Å². The van der Waals surface area contributed by atoms with Crippen LogP contribution in [-0.4, -0.2) is 25.5 Å². The number of hydrogen-bond acceptors (Lipinski definition) is 6. The summed E-state index contributed by atoms with van der Waals surface area (Å²) in [7, 11) is 0. The van der Waals surface area contributed by atoms with E-state index in [1.165, 1.54) is 30.7 Å². The zero-order chi connectivity index (χ0) is 18.9. The molecule has 0 fully saturated rings. The predicted octanol–water partition coefficient (Wildman–Crippen LogP) is 3.48. The Hall–Kier alpha value is -2.34. The van der Waals surface area contributed by atoms with E-state index >= 15 is 0 Å². The maximum absolute atomic E-state index is 12.2. The highest BCUT2D eigenvalue weighted by molar-refractivity contribution is 9.11. The molecule has 0 bridgehead atoms. The highest BCUT2D eigenvalue weighted by atomic mass is 79.9. The summed E-state index contributed by atoms with van der Waals surface area (Å²) < 4.78 is 1.87. The summed E-state index contributed by atoms with van der Waals surface area (Å²) in [6.07, 6.45) is 0. The number of halogens is 2. The van der Waals surface area contributed by atoms with Crippen molar-refractivity contribution >= 4 is 54.8 Å². The van der Waals surface area contributed by atoms with Gasteiger partial charge < -0.3 is 5.32 Å². The number of nitro groups is 2. The lowest BCUT2D eigenvalue weighted by atomic mass is 10.3. The Morgan fingerprint density at radius 1 is 1.20 bits per heavy atom. The molecule has 2 rings (SSSR count). The average Bonchev–Trinajstić information content (AvgIpc) is 2.76. The van der Waals surface area contributed by atoms with Gasteiger partial charge in [-0.15, -0.1) is 0 Å². The molecule has 0 atom stereocenters. The molecule has 1 N–H and O–H groups in total. The molecule has 0 aliphatic heterocycles. The molecule has 0 radical (unpaired) electrons. The fraction of sp³-hybridized carbons (Fsp3) is 0.231. The van der Waals surface area contributed by atoms with E-state index < -0.39 is 15.8 Å². The topological polar surface area (TPSA) is 133 Å². The van der Waals surface area contributed by atoms with Crippen LogP contribution in [0.5, 0.6) is 0 Å². The maximum Gasteiger partial charge on any atom is 0.312 e. The van der Waals surface area contributed by atoms with E-state index in [4.69, 9.17) is 0 Å². The Morgan fingerprint density at radius 3 is 2.20 bits per heavy atom. The van der Waals surface area contributed by atoms with Crippen LogP contribution >= 0.6 is 31.9 Å². The van der Waals surface area contributed by atoms with Gasteiger partial charge in [-0.05, 0) is 45.7 Å². The number of non-ortho nitro benzene ring substituents is 1. The van der Waals surface area contributed by atoms with Gasteiger partial charge in [-0.1, -0.05) is 0 Å². The monoisotopic (exact) mass is 475 g/mol. The van der Waals surface area contributed by atoms with Crippen LogP contribution in [0.1, 0.15) is 11.4 Å². The van der Waals surface area contributed by atoms with Gasteiger partial charge in [0.25, 0.3) is 5.69 Å². The van der Waals surface area contributed by atoms with E-state index in [2.05, 4.69) is 42.3 Å². The number of hydrogen-bond donors (Lipinski definition) is 1. The Kier molecular flexibility index (Phi) is 5.52. The third kappa shape index (κ3) is 4.02. The van der Waals surface area contributed by atoms with Crippen molar-refractivity contribution in [3.8, 4) is 0 Å². The first-order valence-electron chi connectivity index (χ1n) is 6.73. The third-order valence-corrected chi connectivity index (χ3v) is 4.57. The van der Waals surface area contributed by atoms with Crippen molar-refractivity contribution in [1.82, 2.24) is 9.78 Å². The minimum atomic E-state index is -0.559. The van der Waals surface area contributed by atoms with Crippen LogP contribution in [0.4, 0.5) is 17.1 Å². The standard InChI is InChI=1S/C13H11Br2N5O5/c1-6-13(20(24)25)7(2)18(17-6)5-11(21)16-12-9(14)3-8(19(22)23)4-10(12)15/h3-4H,5H2,1-2H3,(H,16,21). The molecule has 0 aliphatic rings. The van der Waals surface area contributed by atoms with Gasteiger partial charge in [0.05, 0.1) is 15.5 Å². The van der Waals surface area contributed by atoms with Gasteiger partial charge >= 0.3 is 5.69 Å². The number of aromatic nitrogens is 2. The molecule has 1 aromatic carbocycles. The minimum Gasteiger partial charge on any atom is -0.323 e. The van der Waals surface area contributed by atoms with E-state index in [1.807, 2.05) is 0 Å². The van der Waals surface area contributed by atoms with Gasteiger partial charge in [-0.3, -0.25) is 29.7 Å². The maximum atomic E-state index is 12.2. The second-order valence-electron chi connectivity index (χ2n) is 5.02. The first kappa shape index (κ1) is 19.0. The summed E-state index contributed by atoms with van der Waals surface area (Å²) in [5, 5.41) is 28.4. The molecule has 1 aromatic heterocycles. The van der Waals surface area contributed by atoms with Crippen molar-refractivity contribution in [2.45, 2.75) is 20.4 Å². The van der Waals surface area contributed by atoms with E-state index in [1.54, 1.807) is 0 Å². The van der Waals surface area contributed by atoms with Crippen LogP contribution in [0.3, 0.4) is 0 Å². The van der Waals surface area contributed by atoms with Crippen molar-refractivity contribution in [2.75, 3.05) is 5.32 Å². The van der Waals surface area contributed by atoms with Crippen LogP contribution in [0, 0.1) is 34.1 Å². The number of anilines is 1. The molecule has 0 saturated heterocycles. The lowest BCUT2D eigenvalue weighted by molar-refractivity contribution is -0.386.